The van der Waals surface area contributed by atoms with Crippen molar-refractivity contribution in [2.24, 2.45) is 11.7 Å². The molecule has 11 nitrogen and oxygen atoms in total. The molecular weight excluding hydrogens is 496 g/mol. The Morgan fingerprint density at radius 1 is 0.973 bits per heavy atom. The van der Waals surface area contributed by atoms with Crippen molar-refractivity contribution in [2.75, 3.05) is 12.0 Å². The van der Waals surface area contributed by atoms with E-state index in [-0.39, 0.29) is 25.2 Å². The smallest absolute Gasteiger partial charge is 0.326 e. The fourth-order valence-electron chi connectivity index (χ4n) is 3.49. The molecule has 4 unspecified atom stereocenters. The first kappa shape index (κ1) is 29.8. The maximum Gasteiger partial charge on any atom is 0.326 e. The van der Waals surface area contributed by atoms with Crippen LogP contribution < -0.4 is 21.7 Å². The molecule has 37 heavy (non-hydrogen) atoms. The van der Waals surface area contributed by atoms with Crippen molar-refractivity contribution in [2.45, 2.75) is 57.3 Å². The van der Waals surface area contributed by atoms with Crippen LogP contribution in [0.5, 0.6) is 0 Å². The van der Waals surface area contributed by atoms with Crippen LogP contribution in [0.4, 0.5) is 0 Å². The van der Waals surface area contributed by atoms with Gasteiger partial charge in [-0.05, 0) is 29.9 Å². The lowest BCUT2D eigenvalue weighted by atomic mass is 10.0. The second-order valence-electron chi connectivity index (χ2n) is 9.04. The highest BCUT2D eigenvalue weighted by molar-refractivity contribution is 7.98. The molecule has 1 heterocycles. The number of hydrogen-bond donors (Lipinski definition) is 6. The van der Waals surface area contributed by atoms with Crippen LogP contribution in [-0.4, -0.2) is 74.9 Å². The highest BCUT2D eigenvalue weighted by atomic mass is 32.2. The van der Waals surface area contributed by atoms with E-state index < -0.39 is 47.9 Å². The first-order chi connectivity index (χ1) is 17.6. The molecule has 0 saturated heterocycles. The minimum absolute atomic E-state index is 0.0908. The predicted octanol–water partition coefficient (Wildman–Crippen LogP) is 0.470. The van der Waals surface area contributed by atoms with Crippen molar-refractivity contribution in [1.29, 1.82) is 0 Å². The van der Waals surface area contributed by atoms with Crippen LogP contribution in [0.25, 0.3) is 0 Å². The number of carboxylic acid groups (broad SMARTS) is 1. The van der Waals surface area contributed by atoms with Crippen LogP contribution in [0, 0.1) is 5.92 Å². The minimum Gasteiger partial charge on any atom is -0.480 e. The molecule has 0 bridgehead atoms. The summed E-state index contributed by atoms with van der Waals surface area (Å²) in [5.74, 6) is -2.49. The van der Waals surface area contributed by atoms with Gasteiger partial charge in [0.1, 0.15) is 18.1 Å². The number of H-pyrrole nitrogens is 1. The number of rotatable bonds is 15. The van der Waals surface area contributed by atoms with E-state index in [9.17, 15) is 24.3 Å². The average Bonchev–Trinajstić information content (AvgIpc) is 3.38. The third-order valence-corrected chi connectivity index (χ3v) is 6.42. The Balaban J connectivity index is 2.26. The zero-order chi connectivity index (χ0) is 27.4. The molecule has 12 heteroatoms. The summed E-state index contributed by atoms with van der Waals surface area (Å²) in [6.45, 7) is 3.59. The highest BCUT2D eigenvalue weighted by Gasteiger charge is 2.31. The van der Waals surface area contributed by atoms with E-state index in [1.807, 2.05) is 12.3 Å². The van der Waals surface area contributed by atoms with Gasteiger partial charge in [0.05, 0.1) is 12.4 Å². The topological polar surface area (TPSA) is 179 Å². The van der Waals surface area contributed by atoms with Gasteiger partial charge in [-0.3, -0.25) is 14.4 Å². The van der Waals surface area contributed by atoms with Gasteiger partial charge in [0, 0.05) is 24.7 Å². The Hall–Kier alpha value is -3.38. The summed E-state index contributed by atoms with van der Waals surface area (Å²) in [6.07, 6.45) is 5.29. The molecule has 0 aliphatic heterocycles. The zero-order valence-corrected chi connectivity index (χ0v) is 22.1. The lowest BCUT2D eigenvalue weighted by molar-refractivity contribution is -0.142. The molecule has 1 aromatic carbocycles. The van der Waals surface area contributed by atoms with Gasteiger partial charge in [-0.1, -0.05) is 44.2 Å². The number of nitrogens with two attached hydrogens (primary N) is 1. The summed E-state index contributed by atoms with van der Waals surface area (Å²) in [6, 6.07) is 5.00. The number of thioether (sulfide) groups is 1. The minimum atomic E-state index is -1.15. The van der Waals surface area contributed by atoms with Crippen molar-refractivity contribution in [3.63, 3.8) is 0 Å². The number of carbonyl (C=O) groups is 4. The van der Waals surface area contributed by atoms with E-state index >= 15 is 0 Å². The van der Waals surface area contributed by atoms with Gasteiger partial charge < -0.3 is 31.8 Å². The van der Waals surface area contributed by atoms with Gasteiger partial charge in [0.25, 0.3) is 0 Å². The second-order valence-corrected chi connectivity index (χ2v) is 10.0. The van der Waals surface area contributed by atoms with Gasteiger partial charge in [0.2, 0.25) is 17.7 Å². The average molecular weight is 533 g/mol. The highest BCUT2D eigenvalue weighted by Crippen LogP contribution is 2.08. The third kappa shape index (κ3) is 9.89. The Morgan fingerprint density at radius 2 is 1.57 bits per heavy atom. The van der Waals surface area contributed by atoms with E-state index in [0.29, 0.717) is 11.4 Å². The molecule has 0 fully saturated rings. The summed E-state index contributed by atoms with van der Waals surface area (Å²) in [7, 11) is 0. The van der Waals surface area contributed by atoms with E-state index in [1.54, 1.807) is 38.1 Å². The largest absolute Gasteiger partial charge is 0.480 e. The van der Waals surface area contributed by atoms with Crippen LogP contribution in [0.3, 0.4) is 0 Å². The molecule has 4 atom stereocenters. The number of carbonyl (C=O) groups excluding carboxylic acids is 3. The standard InChI is InChI=1S/C25H36N6O5S/c1-15(2)21(26)24(34)31-20(12-17-13-27-14-28-17)23(33)30-19(11-16-7-5-4-6-8-16)22(32)29-18(25(35)36)9-10-37-3/h4-8,13-15,18-21H,9-12,26H2,1-3H3,(H,27,28)(H,29,32)(H,30,33)(H,31,34)(H,35,36). The van der Waals surface area contributed by atoms with Crippen LogP contribution in [0.1, 0.15) is 31.5 Å². The molecular formula is C25H36N6O5S. The predicted molar refractivity (Wildman–Crippen MR) is 142 cm³/mol. The summed E-state index contributed by atoms with van der Waals surface area (Å²) < 4.78 is 0. The fourth-order valence-corrected chi connectivity index (χ4v) is 3.96. The van der Waals surface area contributed by atoms with E-state index in [0.717, 1.165) is 5.56 Å². The van der Waals surface area contributed by atoms with Crippen molar-refractivity contribution in [3.05, 3.63) is 54.1 Å². The second kappa shape index (κ2) is 15.0. The molecule has 2 aromatic rings. The number of hydrogen-bond acceptors (Lipinski definition) is 7. The molecule has 0 spiro atoms. The molecule has 0 aliphatic rings. The summed E-state index contributed by atoms with van der Waals surface area (Å²) in [5.41, 5.74) is 7.35. The summed E-state index contributed by atoms with van der Waals surface area (Å²) in [5, 5.41) is 17.5. The summed E-state index contributed by atoms with van der Waals surface area (Å²) >= 11 is 1.47. The molecule has 0 aliphatic carbocycles. The van der Waals surface area contributed by atoms with E-state index in [4.69, 9.17) is 5.73 Å². The van der Waals surface area contributed by atoms with E-state index in [1.165, 1.54) is 24.3 Å². The van der Waals surface area contributed by atoms with E-state index in [2.05, 4.69) is 25.9 Å². The number of aromatic nitrogens is 2. The van der Waals surface area contributed by atoms with Crippen molar-refractivity contribution >= 4 is 35.5 Å². The number of aromatic amines is 1. The number of nitrogens with zero attached hydrogens (tertiary/aromatic N) is 1. The van der Waals surface area contributed by atoms with Gasteiger partial charge in [0.15, 0.2) is 0 Å². The maximum absolute atomic E-state index is 13.4. The first-order valence-corrected chi connectivity index (χ1v) is 13.4. The van der Waals surface area contributed by atoms with Crippen LogP contribution in [0.2, 0.25) is 0 Å². The Kier molecular flexibility index (Phi) is 12.1. The SMILES string of the molecule is CSCCC(NC(=O)C(Cc1ccccc1)NC(=O)C(Cc1cnc[nH]1)NC(=O)C(N)C(C)C)C(=O)O. The molecule has 0 saturated carbocycles. The van der Waals surface area contributed by atoms with Crippen molar-refractivity contribution < 1.29 is 24.3 Å². The number of aliphatic carboxylic acids is 1. The lowest BCUT2D eigenvalue weighted by Gasteiger charge is -2.25. The number of nitrogens with one attached hydrogen (secondary N) is 4. The van der Waals surface area contributed by atoms with Crippen molar-refractivity contribution in [3.8, 4) is 0 Å². The number of carboxylic acids is 1. The van der Waals surface area contributed by atoms with Crippen LogP contribution >= 0.6 is 11.8 Å². The lowest BCUT2D eigenvalue weighted by Crippen LogP contribution is -2.58. The van der Waals surface area contributed by atoms with Gasteiger partial charge in [-0.15, -0.1) is 0 Å². The fraction of sp³-hybridized carbons (Fsp3) is 0.480. The normalized spacial score (nSPS) is 14.3. The number of amides is 3. The Morgan fingerprint density at radius 3 is 2.11 bits per heavy atom. The molecule has 2 rings (SSSR count). The van der Waals surface area contributed by atoms with Crippen LogP contribution in [-0.2, 0) is 32.0 Å². The monoisotopic (exact) mass is 532 g/mol. The zero-order valence-electron chi connectivity index (χ0n) is 21.3. The molecule has 1 aromatic heterocycles. The van der Waals surface area contributed by atoms with Crippen LogP contribution in [0.15, 0.2) is 42.9 Å². The van der Waals surface area contributed by atoms with Gasteiger partial charge in [-0.2, -0.15) is 11.8 Å². The molecule has 202 valence electrons. The Bertz CT molecular complexity index is 1020. The molecule has 0 radical (unpaired) electrons. The van der Waals surface area contributed by atoms with Gasteiger partial charge >= 0.3 is 5.97 Å². The molecule has 7 N–H and O–H groups in total. The number of benzene rings is 1. The maximum atomic E-state index is 13.4. The quantitative estimate of drug-likeness (QED) is 0.191. The van der Waals surface area contributed by atoms with Crippen molar-refractivity contribution in [1.82, 2.24) is 25.9 Å². The number of imidazole rings is 1. The van der Waals surface area contributed by atoms with Gasteiger partial charge in [-0.25, -0.2) is 9.78 Å². The first-order valence-electron chi connectivity index (χ1n) is 12.0. The third-order valence-electron chi connectivity index (χ3n) is 5.77. The summed E-state index contributed by atoms with van der Waals surface area (Å²) in [4.78, 5) is 57.8. The Labute approximate surface area is 220 Å². The molecule has 3 amide bonds.